The Balaban J connectivity index is 0.000000217. The Morgan fingerprint density at radius 1 is 1.50 bits per heavy atom. The van der Waals surface area contributed by atoms with Crippen molar-refractivity contribution in [3.63, 3.8) is 0 Å². The Kier molecular flexibility index (Phi) is 7.78. The molecule has 66 valence electrons. The van der Waals surface area contributed by atoms with Gasteiger partial charge < -0.3 is 10.4 Å². The zero-order chi connectivity index (χ0) is 9.23. The van der Waals surface area contributed by atoms with Crippen LogP contribution >= 0.6 is 0 Å². The van der Waals surface area contributed by atoms with Crippen molar-refractivity contribution < 1.29 is 0 Å². The Labute approximate surface area is 76.4 Å². The van der Waals surface area contributed by atoms with Gasteiger partial charge in [0.2, 0.25) is 0 Å². The van der Waals surface area contributed by atoms with Crippen molar-refractivity contribution in [2.24, 2.45) is 4.99 Å². The summed E-state index contributed by atoms with van der Waals surface area (Å²) in [6.07, 6.45) is 4.30. The maximum atomic E-state index is 7.43. The van der Waals surface area contributed by atoms with Crippen LogP contribution in [-0.4, -0.2) is 23.3 Å². The molecule has 0 radical (unpaired) electrons. The summed E-state index contributed by atoms with van der Waals surface area (Å²) in [5.41, 5.74) is 0. The zero-order valence-electron chi connectivity index (χ0n) is 7.29. The van der Waals surface area contributed by atoms with E-state index in [1.165, 1.54) is 42.3 Å². The van der Waals surface area contributed by atoms with Crippen LogP contribution in [-0.2, 0) is 10.9 Å². The van der Waals surface area contributed by atoms with Gasteiger partial charge in [0, 0.05) is 0 Å². The quantitative estimate of drug-likeness (QED) is 0.346. The second-order valence-corrected chi connectivity index (χ2v) is 4.95. The molecule has 0 bridgehead atoms. The van der Waals surface area contributed by atoms with Crippen LogP contribution in [0.2, 0.25) is 0 Å². The second-order valence-electron chi connectivity index (χ2n) is 2.33. The Morgan fingerprint density at radius 2 is 2.08 bits per heavy atom. The minimum atomic E-state index is 0.866. The van der Waals surface area contributed by atoms with Crippen LogP contribution in [0.1, 0.15) is 19.8 Å². The summed E-state index contributed by atoms with van der Waals surface area (Å²) in [5, 5.41) is 14.9. The lowest BCUT2D eigenvalue weighted by atomic mass is 10.4. The molecule has 0 aromatic carbocycles. The molecular formula is C8H13N3S. The molecule has 0 saturated carbocycles. The van der Waals surface area contributed by atoms with Crippen molar-refractivity contribution in [2.75, 3.05) is 17.3 Å². The van der Waals surface area contributed by atoms with Crippen LogP contribution in [0.15, 0.2) is 4.99 Å². The highest BCUT2D eigenvalue weighted by Gasteiger charge is 2.20. The van der Waals surface area contributed by atoms with Crippen LogP contribution < -0.4 is 0 Å². The van der Waals surface area contributed by atoms with E-state index in [-0.39, 0.29) is 0 Å². The largest absolute Gasteiger partial charge is 0.422 e. The molecule has 1 saturated heterocycles. The molecule has 0 amide bonds. The molecule has 0 N–H and O–H groups in total. The van der Waals surface area contributed by atoms with E-state index < -0.39 is 0 Å². The SMILES string of the molecule is CC[S+]1CCCC1.N#CN=C=[N-]. The van der Waals surface area contributed by atoms with E-state index in [9.17, 15) is 0 Å². The van der Waals surface area contributed by atoms with Gasteiger partial charge in [-0.2, -0.15) is 5.26 Å². The maximum absolute atomic E-state index is 7.43. The van der Waals surface area contributed by atoms with E-state index in [2.05, 4.69) is 11.9 Å². The molecule has 0 spiro atoms. The van der Waals surface area contributed by atoms with Crippen molar-refractivity contribution in [3.05, 3.63) is 5.41 Å². The van der Waals surface area contributed by atoms with Crippen LogP contribution in [0.25, 0.3) is 5.41 Å². The molecule has 12 heavy (non-hydrogen) atoms. The molecule has 4 heteroatoms. The fourth-order valence-corrected chi connectivity index (χ4v) is 3.03. The Hall–Kier alpha value is -0.780. The molecule has 0 aromatic heterocycles. The highest BCUT2D eigenvalue weighted by atomic mass is 32.2. The van der Waals surface area contributed by atoms with Gasteiger partial charge in [-0.15, -0.1) is 6.01 Å². The molecule has 1 aliphatic rings. The van der Waals surface area contributed by atoms with Gasteiger partial charge in [0.1, 0.15) is 17.3 Å². The van der Waals surface area contributed by atoms with E-state index in [0.29, 0.717) is 0 Å². The second kappa shape index (κ2) is 8.32. The molecule has 1 fully saturated rings. The third kappa shape index (κ3) is 5.96. The van der Waals surface area contributed by atoms with E-state index in [1.54, 1.807) is 0 Å². The molecule has 0 atom stereocenters. The molecule has 1 aliphatic heterocycles. The monoisotopic (exact) mass is 183 g/mol. The average Bonchev–Trinajstić information content (AvgIpc) is 2.58. The first-order valence-corrected chi connectivity index (χ1v) is 5.70. The molecular weight excluding hydrogens is 170 g/mol. The standard InChI is InChI=1S/C6H13S.C2N3/c1-2-7-5-3-4-6-7;3-1-5-2-4/h2-6H2,1H3;/q+1;-1. The van der Waals surface area contributed by atoms with Crippen molar-refractivity contribution in [1.29, 1.82) is 5.26 Å². The fourth-order valence-electron chi connectivity index (χ4n) is 1.03. The summed E-state index contributed by atoms with van der Waals surface area (Å²) in [6, 6.07) is 1.28. The minimum absolute atomic E-state index is 0.866. The summed E-state index contributed by atoms with van der Waals surface area (Å²) >= 11 is 0. The van der Waals surface area contributed by atoms with E-state index in [0.717, 1.165) is 10.9 Å². The van der Waals surface area contributed by atoms with Crippen LogP contribution in [0.3, 0.4) is 0 Å². The number of nitriles is 1. The lowest BCUT2D eigenvalue weighted by Crippen LogP contribution is -2.04. The molecule has 0 unspecified atom stereocenters. The molecule has 0 aromatic rings. The molecule has 0 aliphatic carbocycles. The normalized spacial score (nSPS) is 15.3. The molecule has 1 rings (SSSR count). The first kappa shape index (κ1) is 11.2. The lowest BCUT2D eigenvalue weighted by Gasteiger charge is -1.90. The third-order valence-corrected chi connectivity index (χ3v) is 4.17. The number of rotatable bonds is 1. The number of aliphatic imine (C=N–C) groups is 1. The topological polar surface area (TPSA) is 58.5 Å². The van der Waals surface area contributed by atoms with Crippen LogP contribution in [0.4, 0.5) is 0 Å². The van der Waals surface area contributed by atoms with Crippen LogP contribution in [0, 0.1) is 11.5 Å². The summed E-state index contributed by atoms with van der Waals surface area (Å²) in [7, 11) is 0.866. The summed E-state index contributed by atoms with van der Waals surface area (Å²) in [6.45, 7) is 2.31. The van der Waals surface area contributed by atoms with Gasteiger partial charge in [-0.05, 0) is 30.7 Å². The number of hydrogen-bond acceptors (Lipinski definition) is 2. The van der Waals surface area contributed by atoms with Crippen molar-refractivity contribution in [1.82, 2.24) is 0 Å². The predicted octanol–water partition coefficient (Wildman–Crippen LogP) is 1.63. The summed E-state index contributed by atoms with van der Waals surface area (Å²) in [4.78, 5) is 2.58. The van der Waals surface area contributed by atoms with Gasteiger partial charge in [0.05, 0.1) is 6.19 Å². The maximum Gasteiger partial charge on any atom is 0.108 e. The highest BCUT2D eigenvalue weighted by molar-refractivity contribution is 7.97. The Morgan fingerprint density at radius 3 is 2.25 bits per heavy atom. The summed E-state index contributed by atoms with van der Waals surface area (Å²) < 4.78 is 0. The van der Waals surface area contributed by atoms with Gasteiger partial charge >= 0.3 is 0 Å². The first-order chi connectivity index (χ1) is 5.85. The average molecular weight is 183 g/mol. The van der Waals surface area contributed by atoms with Gasteiger partial charge in [0.25, 0.3) is 0 Å². The number of nitrogens with zero attached hydrogens (tertiary/aromatic N) is 3. The van der Waals surface area contributed by atoms with Gasteiger partial charge in [-0.1, -0.05) is 0 Å². The Bertz CT molecular complexity index is 185. The van der Waals surface area contributed by atoms with E-state index in [1.807, 2.05) is 0 Å². The van der Waals surface area contributed by atoms with E-state index in [4.69, 9.17) is 10.7 Å². The van der Waals surface area contributed by atoms with E-state index >= 15 is 0 Å². The smallest absolute Gasteiger partial charge is 0.108 e. The van der Waals surface area contributed by atoms with Gasteiger partial charge in [-0.3, -0.25) is 0 Å². The zero-order valence-corrected chi connectivity index (χ0v) is 8.10. The predicted molar refractivity (Wildman–Crippen MR) is 53.3 cm³/mol. The summed E-state index contributed by atoms with van der Waals surface area (Å²) in [5.74, 6) is 4.52. The molecule has 1 heterocycles. The van der Waals surface area contributed by atoms with Gasteiger partial charge in [0.15, 0.2) is 0 Å². The van der Waals surface area contributed by atoms with Crippen molar-refractivity contribution >= 4 is 16.9 Å². The minimum Gasteiger partial charge on any atom is -0.422 e. The van der Waals surface area contributed by atoms with Crippen molar-refractivity contribution in [3.8, 4) is 6.19 Å². The van der Waals surface area contributed by atoms with Crippen LogP contribution in [0.5, 0.6) is 0 Å². The van der Waals surface area contributed by atoms with Gasteiger partial charge in [-0.25, -0.2) is 0 Å². The highest BCUT2D eigenvalue weighted by Crippen LogP contribution is 2.11. The molecule has 3 nitrogen and oxygen atoms in total. The fraction of sp³-hybridized carbons (Fsp3) is 0.750. The number of hydrogen-bond donors (Lipinski definition) is 0. The lowest BCUT2D eigenvalue weighted by molar-refractivity contribution is 0.949. The van der Waals surface area contributed by atoms with Crippen molar-refractivity contribution in [2.45, 2.75) is 19.8 Å². The third-order valence-electron chi connectivity index (χ3n) is 1.62. The first-order valence-electron chi connectivity index (χ1n) is 3.97.